The van der Waals surface area contributed by atoms with Crippen molar-refractivity contribution in [3.05, 3.63) is 38.8 Å². The van der Waals surface area contributed by atoms with Gasteiger partial charge < -0.3 is 0 Å². The van der Waals surface area contributed by atoms with Gasteiger partial charge in [-0.1, -0.05) is 12.0 Å². The van der Waals surface area contributed by atoms with Gasteiger partial charge in [0.05, 0.1) is 12.0 Å². The topological polar surface area (TPSA) is 11.3 Å². The quantitative estimate of drug-likeness (QED) is 0.629. The van der Waals surface area contributed by atoms with E-state index in [0.29, 0.717) is 0 Å². The van der Waals surface area contributed by atoms with Gasteiger partial charge in [0.25, 0.3) is 6.61 Å². The summed E-state index contributed by atoms with van der Waals surface area (Å²) >= 11 is 0. The van der Waals surface area contributed by atoms with Gasteiger partial charge in [0.15, 0.2) is 0 Å². The second kappa shape index (κ2) is 3.71. The van der Waals surface area contributed by atoms with Crippen molar-refractivity contribution in [2.45, 2.75) is 38.5 Å². The summed E-state index contributed by atoms with van der Waals surface area (Å²) < 4.78 is 5.64. The van der Waals surface area contributed by atoms with E-state index in [1.807, 2.05) is 0 Å². The van der Waals surface area contributed by atoms with Crippen molar-refractivity contribution in [2.24, 2.45) is 23.7 Å². The molecule has 0 radical (unpaired) electrons. The van der Waals surface area contributed by atoms with Gasteiger partial charge in [-0.3, -0.25) is 4.42 Å². The smallest absolute Gasteiger partial charge is 0.254 e. The zero-order valence-electron chi connectivity index (χ0n) is 11.4. The van der Waals surface area contributed by atoms with Gasteiger partial charge in [-0.25, -0.2) is 0 Å². The van der Waals surface area contributed by atoms with Crippen molar-refractivity contribution < 1.29 is 0 Å². The maximum Gasteiger partial charge on any atom is 0.347 e. The van der Waals surface area contributed by atoms with Crippen LogP contribution in [0.15, 0.2) is 22.6 Å². The lowest BCUT2D eigenvalue weighted by molar-refractivity contribution is 0.324. The zero-order valence-corrected chi connectivity index (χ0v) is 11.4. The minimum atomic E-state index is 0.880. The zero-order chi connectivity index (χ0) is 12.4. The molecule has 1 nitrogen and oxygen atoms in total. The van der Waals surface area contributed by atoms with E-state index in [0.717, 1.165) is 42.1 Å². The molecule has 0 amide bonds. The molecule has 4 aliphatic rings. The van der Waals surface area contributed by atoms with Crippen molar-refractivity contribution in [1.82, 2.24) is 0 Å². The highest BCUT2D eigenvalue weighted by molar-refractivity contribution is 5.54. The molecular weight excluding hydrogens is 232 g/mol. The highest BCUT2D eigenvalue weighted by atomic mass is 16.4. The van der Waals surface area contributed by atoms with Crippen LogP contribution in [0.2, 0.25) is 0 Å². The average molecular weight is 253 g/mol. The van der Waals surface area contributed by atoms with Crippen LogP contribution in [0.25, 0.3) is 5.57 Å². The van der Waals surface area contributed by atoms with E-state index >= 15 is 0 Å². The number of hydrogen-bond donors (Lipinski definition) is 0. The van der Waals surface area contributed by atoms with E-state index in [1.54, 1.807) is 10.8 Å². The summed E-state index contributed by atoms with van der Waals surface area (Å²) in [6.07, 6.45) is 8.52. The number of benzene rings is 1. The van der Waals surface area contributed by atoms with E-state index < -0.39 is 0 Å². The van der Waals surface area contributed by atoms with Crippen LogP contribution in [-0.4, -0.2) is 6.61 Å². The minimum Gasteiger partial charge on any atom is -0.254 e. The van der Waals surface area contributed by atoms with E-state index in [2.05, 4.69) is 18.2 Å². The summed E-state index contributed by atoms with van der Waals surface area (Å²) in [7, 11) is 0. The van der Waals surface area contributed by atoms with Crippen LogP contribution in [-0.2, 0) is 6.42 Å². The lowest BCUT2D eigenvalue weighted by atomic mass is 9.78. The number of rotatable bonds is 0. The molecule has 1 aliphatic heterocycles. The fourth-order valence-electron chi connectivity index (χ4n) is 5.57. The molecule has 5 rings (SSSR count). The molecule has 0 aromatic heterocycles. The normalized spacial score (nSPS) is 41.3. The van der Waals surface area contributed by atoms with Crippen molar-refractivity contribution in [3.63, 3.8) is 0 Å². The molecule has 1 aromatic carbocycles. The maximum absolute atomic E-state index is 5.64. The van der Waals surface area contributed by atoms with Crippen LogP contribution >= 0.6 is 0 Å². The van der Waals surface area contributed by atoms with Crippen LogP contribution in [0.5, 0.6) is 0 Å². The molecule has 4 atom stereocenters. The highest BCUT2D eigenvalue weighted by Gasteiger charge is 2.51. The Kier molecular flexibility index (Phi) is 2.08. The number of hydrogen-bond acceptors (Lipinski definition) is 0. The Morgan fingerprint density at radius 2 is 2.05 bits per heavy atom. The first kappa shape index (κ1) is 10.7. The lowest BCUT2D eigenvalue weighted by Gasteiger charge is -2.26. The molecule has 0 saturated heterocycles. The first-order valence-electron chi connectivity index (χ1n) is 8.02. The molecule has 0 N–H and O–H groups in total. The standard InChI is InChI=1S/C18H21O/c1-2-14-13-9-16(17(10-13)15(14)3-1)11-4-5-18-12(8-11)6-7-19-18/h4-5,8,13-15,17H,1-3,6-7,9-10H2/q+1/b16-11+/t13-,14+,15+,17+/m1/s1. The van der Waals surface area contributed by atoms with Gasteiger partial charge in [0.2, 0.25) is 0 Å². The van der Waals surface area contributed by atoms with E-state index in [9.17, 15) is 0 Å². The molecule has 3 aliphatic carbocycles. The third-order valence-electron chi connectivity index (χ3n) is 6.29. The van der Waals surface area contributed by atoms with Crippen LogP contribution in [0.3, 0.4) is 0 Å². The Morgan fingerprint density at radius 3 is 3.05 bits per heavy atom. The van der Waals surface area contributed by atoms with Crippen LogP contribution in [0.4, 0.5) is 0 Å². The third-order valence-corrected chi connectivity index (χ3v) is 6.29. The predicted octanol–water partition coefficient (Wildman–Crippen LogP) is 2.46. The van der Waals surface area contributed by atoms with Crippen LogP contribution in [0, 0.1) is 23.7 Å². The van der Waals surface area contributed by atoms with Gasteiger partial charge in [0, 0.05) is 6.07 Å². The second-order valence-electron chi connectivity index (χ2n) is 7.01. The fraction of sp³-hybridized carbons (Fsp3) is 0.611. The first-order chi connectivity index (χ1) is 9.40. The molecule has 3 fully saturated rings. The van der Waals surface area contributed by atoms with Crippen LogP contribution < -0.4 is 10.6 Å². The van der Waals surface area contributed by atoms with Gasteiger partial charge in [0.1, 0.15) is 0 Å². The summed E-state index contributed by atoms with van der Waals surface area (Å²) in [6, 6.07) is 6.97. The van der Waals surface area contributed by atoms with Gasteiger partial charge in [-0.15, -0.1) is 0 Å². The van der Waals surface area contributed by atoms with Crippen molar-refractivity contribution >= 4 is 5.57 Å². The third kappa shape index (κ3) is 1.39. The lowest BCUT2D eigenvalue weighted by Crippen LogP contribution is -2.23. The summed E-state index contributed by atoms with van der Waals surface area (Å²) in [5, 5.41) is 1.54. The minimum absolute atomic E-state index is 0.880. The summed E-state index contributed by atoms with van der Waals surface area (Å²) in [6.45, 7) is 0.880. The Balaban J connectivity index is 1.64. The van der Waals surface area contributed by atoms with E-state index in [1.165, 1.54) is 37.7 Å². The molecule has 0 unspecified atom stereocenters. The van der Waals surface area contributed by atoms with Gasteiger partial charge in [-0.05, 0) is 66.7 Å². The Labute approximate surface area is 114 Å². The van der Waals surface area contributed by atoms with E-state index in [4.69, 9.17) is 4.42 Å². The Hall–Kier alpha value is -1.11. The van der Waals surface area contributed by atoms with Crippen molar-refractivity contribution in [2.75, 3.05) is 6.61 Å². The van der Waals surface area contributed by atoms with E-state index in [-0.39, 0.29) is 0 Å². The molecule has 1 heterocycles. The molecule has 0 spiro atoms. The van der Waals surface area contributed by atoms with Crippen molar-refractivity contribution in [3.8, 4) is 0 Å². The molecule has 1 aromatic rings. The molecular formula is C18H21O+. The fourth-order valence-corrected chi connectivity index (χ4v) is 5.57. The van der Waals surface area contributed by atoms with Gasteiger partial charge >= 0.3 is 5.43 Å². The van der Waals surface area contributed by atoms with Crippen molar-refractivity contribution in [1.29, 1.82) is 0 Å². The Bertz CT molecular complexity index is 657. The summed E-state index contributed by atoms with van der Waals surface area (Å²) in [5.41, 5.74) is 4.37. The second-order valence-corrected chi connectivity index (χ2v) is 7.01. The summed E-state index contributed by atoms with van der Waals surface area (Å²) in [4.78, 5) is 0. The van der Waals surface area contributed by atoms with Crippen LogP contribution in [0.1, 0.15) is 37.7 Å². The molecule has 2 bridgehead atoms. The molecule has 1 heteroatoms. The summed E-state index contributed by atoms with van der Waals surface area (Å²) in [5.74, 6) is 4.08. The predicted molar refractivity (Wildman–Crippen MR) is 77.0 cm³/mol. The van der Waals surface area contributed by atoms with Gasteiger partial charge in [-0.2, -0.15) is 0 Å². The highest BCUT2D eigenvalue weighted by Crippen LogP contribution is 2.61. The largest absolute Gasteiger partial charge is 0.347 e. The molecule has 98 valence electrons. The SMILES string of the molecule is c1c/c(=C2/C[C@@H]3C[C@H]2[C@H]2CCC[C@@H]32)cc2c1=[O+]CC2. The molecule has 3 saturated carbocycles. The first-order valence-corrected chi connectivity index (χ1v) is 8.02. The maximum atomic E-state index is 5.64. The number of fused-ring (bicyclic) bond motifs is 6. The Morgan fingerprint density at radius 1 is 1.11 bits per heavy atom. The molecule has 19 heavy (non-hydrogen) atoms. The monoisotopic (exact) mass is 253 g/mol. The average Bonchev–Trinajstić information content (AvgIpc) is 3.18.